The number of rotatable bonds is 10. The van der Waals surface area contributed by atoms with E-state index in [-0.39, 0.29) is 6.10 Å². The molecule has 1 heterocycles. The Morgan fingerprint density at radius 1 is 1.26 bits per heavy atom. The molecule has 0 saturated heterocycles. The molecule has 0 aromatic carbocycles. The Kier molecular flexibility index (Phi) is 9.28. The van der Waals surface area contributed by atoms with E-state index < -0.39 is 0 Å². The minimum absolute atomic E-state index is 0.163. The maximum atomic E-state index is 5.44. The number of nitrogens with zero attached hydrogens (tertiary/aromatic N) is 3. The Morgan fingerprint density at radius 3 is 2.70 bits per heavy atom. The third-order valence-corrected chi connectivity index (χ3v) is 3.23. The van der Waals surface area contributed by atoms with Crippen molar-refractivity contribution in [2.75, 3.05) is 19.7 Å². The van der Waals surface area contributed by atoms with Crippen molar-refractivity contribution in [1.82, 2.24) is 20.8 Å². The Hall–Kier alpha value is -1.63. The molecule has 1 atom stereocenters. The summed E-state index contributed by atoms with van der Waals surface area (Å²) in [6.07, 6.45) is 2.16. The Morgan fingerprint density at radius 2 is 2.04 bits per heavy atom. The topological polar surface area (TPSA) is 84.6 Å². The number of nitrogens with one attached hydrogen (secondary N) is 2. The lowest BCUT2D eigenvalue weighted by Gasteiger charge is -2.11. The largest absolute Gasteiger partial charge is 0.371 e. The standard InChI is InChI=1S/C16H31N5O2/c1-6-17-16(18-10-8-9-12(3)4)19-11-14-20-15(21-23-14)13(5)22-7-2/h12-13H,6-11H2,1-5H3,(H2,17,18,19). The predicted octanol–water partition coefficient (Wildman–Crippen LogP) is 2.66. The molecule has 0 spiro atoms. The molecule has 1 aromatic heterocycles. The third-order valence-electron chi connectivity index (χ3n) is 3.23. The predicted molar refractivity (Wildman–Crippen MR) is 91.2 cm³/mol. The fraction of sp³-hybridized carbons (Fsp3) is 0.812. The van der Waals surface area contributed by atoms with Gasteiger partial charge < -0.3 is 19.9 Å². The summed E-state index contributed by atoms with van der Waals surface area (Å²) < 4.78 is 10.7. The van der Waals surface area contributed by atoms with Gasteiger partial charge in [0.15, 0.2) is 11.8 Å². The first-order valence-corrected chi connectivity index (χ1v) is 8.53. The molecular weight excluding hydrogens is 294 g/mol. The minimum atomic E-state index is -0.163. The summed E-state index contributed by atoms with van der Waals surface area (Å²) in [7, 11) is 0. The Balaban J connectivity index is 2.49. The van der Waals surface area contributed by atoms with Gasteiger partial charge in [-0.05, 0) is 39.5 Å². The van der Waals surface area contributed by atoms with Gasteiger partial charge in [-0.15, -0.1) is 0 Å². The first-order chi connectivity index (χ1) is 11.1. The fourth-order valence-electron chi connectivity index (χ4n) is 2.03. The molecule has 1 aromatic rings. The van der Waals surface area contributed by atoms with Crippen LogP contribution in [0, 0.1) is 5.92 Å². The molecule has 132 valence electrons. The first-order valence-electron chi connectivity index (χ1n) is 8.53. The van der Waals surface area contributed by atoms with Gasteiger partial charge >= 0.3 is 0 Å². The fourth-order valence-corrected chi connectivity index (χ4v) is 2.03. The van der Waals surface area contributed by atoms with Crippen LogP contribution < -0.4 is 10.6 Å². The number of aliphatic imine (C=N–C) groups is 1. The second kappa shape index (κ2) is 11.0. The molecule has 2 N–H and O–H groups in total. The zero-order valence-electron chi connectivity index (χ0n) is 15.1. The lowest BCUT2D eigenvalue weighted by molar-refractivity contribution is 0.0683. The van der Waals surface area contributed by atoms with Crippen LogP contribution in [-0.4, -0.2) is 35.8 Å². The van der Waals surface area contributed by atoms with E-state index in [2.05, 4.69) is 39.6 Å². The zero-order valence-corrected chi connectivity index (χ0v) is 15.1. The molecule has 0 saturated carbocycles. The monoisotopic (exact) mass is 325 g/mol. The second-order valence-corrected chi connectivity index (χ2v) is 5.80. The van der Waals surface area contributed by atoms with Crippen LogP contribution in [0.3, 0.4) is 0 Å². The number of ether oxygens (including phenoxy) is 1. The van der Waals surface area contributed by atoms with Crippen LogP contribution in [0.1, 0.15) is 65.3 Å². The van der Waals surface area contributed by atoms with Gasteiger partial charge in [-0.2, -0.15) is 4.98 Å². The summed E-state index contributed by atoms with van der Waals surface area (Å²) in [6, 6.07) is 0. The van der Waals surface area contributed by atoms with E-state index >= 15 is 0 Å². The van der Waals surface area contributed by atoms with Crippen LogP contribution in [0.25, 0.3) is 0 Å². The van der Waals surface area contributed by atoms with E-state index in [9.17, 15) is 0 Å². The number of hydrogen-bond acceptors (Lipinski definition) is 5. The quantitative estimate of drug-likeness (QED) is 0.391. The normalized spacial score (nSPS) is 13.4. The molecule has 23 heavy (non-hydrogen) atoms. The van der Waals surface area contributed by atoms with Gasteiger partial charge in [0, 0.05) is 19.7 Å². The zero-order chi connectivity index (χ0) is 17.1. The summed E-state index contributed by atoms with van der Waals surface area (Å²) in [4.78, 5) is 8.79. The van der Waals surface area contributed by atoms with E-state index in [4.69, 9.17) is 9.26 Å². The van der Waals surface area contributed by atoms with E-state index in [1.54, 1.807) is 0 Å². The molecule has 1 unspecified atom stereocenters. The number of aromatic nitrogens is 2. The van der Waals surface area contributed by atoms with Crippen LogP contribution in [0.2, 0.25) is 0 Å². The van der Waals surface area contributed by atoms with Gasteiger partial charge in [-0.3, -0.25) is 0 Å². The maximum Gasteiger partial charge on any atom is 0.248 e. The molecule has 0 aliphatic heterocycles. The first kappa shape index (κ1) is 19.4. The van der Waals surface area contributed by atoms with Crippen molar-refractivity contribution in [2.45, 2.75) is 60.1 Å². The lowest BCUT2D eigenvalue weighted by atomic mass is 10.1. The van der Waals surface area contributed by atoms with Gasteiger partial charge in [0.1, 0.15) is 12.6 Å². The summed E-state index contributed by atoms with van der Waals surface area (Å²) in [5.74, 6) is 2.55. The molecule has 0 radical (unpaired) electrons. The average molecular weight is 325 g/mol. The molecule has 0 bridgehead atoms. The average Bonchev–Trinajstić information content (AvgIpc) is 2.98. The molecule has 1 rings (SSSR count). The van der Waals surface area contributed by atoms with Crippen molar-refractivity contribution in [1.29, 1.82) is 0 Å². The van der Waals surface area contributed by atoms with Crippen molar-refractivity contribution in [3.8, 4) is 0 Å². The summed E-state index contributed by atoms with van der Waals surface area (Å²) >= 11 is 0. The van der Waals surface area contributed by atoms with Crippen LogP contribution in [0.15, 0.2) is 9.52 Å². The summed E-state index contributed by atoms with van der Waals surface area (Å²) in [5, 5.41) is 10.5. The molecule has 0 fully saturated rings. The van der Waals surface area contributed by atoms with Crippen LogP contribution in [-0.2, 0) is 11.3 Å². The highest BCUT2D eigenvalue weighted by atomic mass is 16.5. The van der Waals surface area contributed by atoms with Crippen molar-refractivity contribution < 1.29 is 9.26 Å². The molecular formula is C16H31N5O2. The van der Waals surface area contributed by atoms with Crippen molar-refractivity contribution in [2.24, 2.45) is 10.9 Å². The number of guanidine groups is 1. The van der Waals surface area contributed by atoms with Crippen LogP contribution >= 0.6 is 0 Å². The van der Waals surface area contributed by atoms with E-state index in [0.717, 1.165) is 31.4 Å². The summed E-state index contributed by atoms with van der Waals surface area (Å²) in [5.41, 5.74) is 0. The van der Waals surface area contributed by atoms with E-state index in [0.29, 0.717) is 24.9 Å². The van der Waals surface area contributed by atoms with Crippen molar-refractivity contribution >= 4 is 5.96 Å². The lowest BCUT2D eigenvalue weighted by Crippen LogP contribution is -2.37. The molecule has 7 heteroatoms. The van der Waals surface area contributed by atoms with E-state index in [1.165, 1.54) is 6.42 Å². The third kappa shape index (κ3) is 7.97. The molecule has 7 nitrogen and oxygen atoms in total. The van der Waals surface area contributed by atoms with Crippen molar-refractivity contribution in [3.05, 3.63) is 11.7 Å². The highest BCUT2D eigenvalue weighted by Crippen LogP contribution is 2.12. The van der Waals surface area contributed by atoms with Gasteiger partial charge in [0.25, 0.3) is 0 Å². The van der Waals surface area contributed by atoms with Gasteiger partial charge in [0.05, 0.1) is 0 Å². The highest BCUT2D eigenvalue weighted by Gasteiger charge is 2.13. The Bertz CT molecular complexity index is 459. The van der Waals surface area contributed by atoms with Gasteiger partial charge in [-0.1, -0.05) is 19.0 Å². The molecule has 0 aliphatic rings. The van der Waals surface area contributed by atoms with Crippen molar-refractivity contribution in [3.63, 3.8) is 0 Å². The van der Waals surface area contributed by atoms with Gasteiger partial charge in [0.2, 0.25) is 5.89 Å². The smallest absolute Gasteiger partial charge is 0.248 e. The number of hydrogen-bond donors (Lipinski definition) is 2. The maximum absolute atomic E-state index is 5.44. The van der Waals surface area contributed by atoms with Gasteiger partial charge in [-0.25, -0.2) is 4.99 Å². The highest BCUT2D eigenvalue weighted by molar-refractivity contribution is 5.79. The second-order valence-electron chi connectivity index (χ2n) is 5.80. The Labute approximate surface area is 139 Å². The molecule has 0 aliphatic carbocycles. The minimum Gasteiger partial charge on any atom is -0.371 e. The van der Waals surface area contributed by atoms with Crippen LogP contribution in [0.5, 0.6) is 0 Å². The SMILES string of the molecule is CCNC(=NCc1nc(C(C)OCC)no1)NCCCC(C)C. The van der Waals surface area contributed by atoms with Crippen LogP contribution in [0.4, 0.5) is 0 Å². The molecule has 0 amide bonds. The summed E-state index contributed by atoms with van der Waals surface area (Å²) in [6.45, 7) is 13.0. The van der Waals surface area contributed by atoms with E-state index in [1.807, 2.05) is 20.8 Å².